The molecule has 0 aliphatic carbocycles. The zero-order chi connectivity index (χ0) is 18.5. The first-order valence-corrected chi connectivity index (χ1v) is 9.06. The maximum Gasteiger partial charge on any atom is 0.319 e. The molecule has 26 heavy (non-hydrogen) atoms. The molecule has 0 aliphatic rings. The molecule has 0 spiro atoms. The highest BCUT2D eigenvalue weighted by atomic mass is 32.1. The summed E-state index contributed by atoms with van der Waals surface area (Å²) in [6, 6.07) is 7.61. The van der Waals surface area contributed by atoms with Crippen LogP contribution in [0.25, 0.3) is 5.69 Å². The highest BCUT2D eigenvalue weighted by Gasteiger charge is 2.16. The molecular weight excluding hydrogens is 350 g/mol. The molecule has 136 valence electrons. The summed E-state index contributed by atoms with van der Waals surface area (Å²) >= 11 is 1.65. The van der Waals surface area contributed by atoms with E-state index in [0.29, 0.717) is 12.2 Å². The lowest BCUT2D eigenvalue weighted by Gasteiger charge is -2.24. The number of aryl methyl sites for hydroxylation is 1. The maximum atomic E-state index is 12.4. The number of benzene rings is 1. The van der Waals surface area contributed by atoms with Gasteiger partial charge < -0.3 is 15.5 Å². The minimum atomic E-state index is -0.246. The lowest BCUT2D eigenvalue weighted by molar-refractivity contribution is 0.243. The number of amides is 2. The molecule has 1 atom stereocenters. The molecular formula is C17H21N7OS. The first-order chi connectivity index (χ1) is 12.5. The van der Waals surface area contributed by atoms with Gasteiger partial charge in [0.15, 0.2) is 0 Å². The molecule has 2 heterocycles. The third kappa shape index (κ3) is 4.24. The van der Waals surface area contributed by atoms with Crippen molar-refractivity contribution in [1.29, 1.82) is 0 Å². The molecule has 0 bridgehead atoms. The van der Waals surface area contributed by atoms with Gasteiger partial charge in [-0.3, -0.25) is 0 Å². The van der Waals surface area contributed by atoms with E-state index in [1.807, 2.05) is 44.6 Å². The third-order valence-electron chi connectivity index (χ3n) is 4.09. The van der Waals surface area contributed by atoms with Gasteiger partial charge >= 0.3 is 6.03 Å². The van der Waals surface area contributed by atoms with Gasteiger partial charge in [0.1, 0.15) is 6.33 Å². The zero-order valence-electron chi connectivity index (χ0n) is 14.9. The van der Waals surface area contributed by atoms with Crippen LogP contribution in [0.15, 0.2) is 41.4 Å². The van der Waals surface area contributed by atoms with Crippen LogP contribution in [-0.4, -0.2) is 51.8 Å². The van der Waals surface area contributed by atoms with Gasteiger partial charge in [0.25, 0.3) is 0 Å². The van der Waals surface area contributed by atoms with E-state index in [0.717, 1.165) is 11.3 Å². The van der Waals surface area contributed by atoms with E-state index in [4.69, 9.17) is 0 Å². The summed E-state index contributed by atoms with van der Waals surface area (Å²) < 4.78 is 1.54. The van der Waals surface area contributed by atoms with Crippen LogP contribution in [0.4, 0.5) is 10.5 Å². The summed E-state index contributed by atoms with van der Waals surface area (Å²) in [7, 11) is 4.00. The Hall–Kier alpha value is -2.78. The Morgan fingerprint density at radius 3 is 2.85 bits per heavy atom. The van der Waals surface area contributed by atoms with Crippen LogP contribution in [0.5, 0.6) is 0 Å². The Balaban J connectivity index is 1.65. The van der Waals surface area contributed by atoms with E-state index >= 15 is 0 Å². The van der Waals surface area contributed by atoms with Crippen LogP contribution < -0.4 is 10.6 Å². The quantitative estimate of drug-likeness (QED) is 0.695. The number of hydrogen-bond donors (Lipinski definition) is 2. The van der Waals surface area contributed by atoms with E-state index in [1.165, 1.54) is 11.9 Å². The van der Waals surface area contributed by atoms with Gasteiger partial charge in [0, 0.05) is 12.2 Å². The van der Waals surface area contributed by atoms with Crippen LogP contribution in [0.1, 0.15) is 17.2 Å². The minimum Gasteiger partial charge on any atom is -0.336 e. The number of nitrogens with one attached hydrogen (secondary N) is 2. The standard InChI is InChI=1S/C17H21N7OS/c1-12-4-5-14(24-11-19-21-22-24)8-15(12)20-17(25)18-9-16(23(2)3)13-6-7-26-10-13/h4-8,10-11,16H,9H2,1-3H3,(H2,18,20,25). The number of hydrogen-bond acceptors (Lipinski definition) is 6. The monoisotopic (exact) mass is 371 g/mol. The summed E-state index contributed by atoms with van der Waals surface area (Å²) in [5, 5.41) is 21.1. The molecule has 2 amide bonds. The molecule has 3 rings (SSSR count). The molecule has 0 fully saturated rings. The molecule has 1 unspecified atom stereocenters. The molecule has 2 N–H and O–H groups in total. The maximum absolute atomic E-state index is 12.4. The summed E-state index contributed by atoms with van der Waals surface area (Å²) in [6.07, 6.45) is 1.51. The normalized spacial score (nSPS) is 12.2. The van der Waals surface area contributed by atoms with Gasteiger partial charge in [-0.05, 0) is 71.5 Å². The number of thiophene rings is 1. The predicted molar refractivity (Wildman–Crippen MR) is 102 cm³/mol. The largest absolute Gasteiger partial charge is 0.336 e. The lowest BCUT2D eigenvalue weighted by Crippen LogP contribution is -2.36. The number of nitrogens with zero attached hydrogens (tertiary/aromatic N) is 5. The SMILES string of the molecule is Cc1ccc(-n2cnnn2)cc1NC(=O)NCC(c1ccsc1)N(C)C. The summed E-state index contributed by atoms with van der Waals surface area (Å²) in [6.45, 7) is 2.45. The number of anilines is 1. The summed E-state index contributed by atoms with van der Waals surface area (Å²) in [4.78, 5) is 14.5. The van der Waals surface area contributed by atoms with Crippen molar-refractivity contribution in [2.45, 2.75) is 13.0 Å². The van der Waals surface area contributed by atoms with Gasteiger partial charge in [0.2, 0.25) is 0 Å². The van der Waals surface area contributed by atoms with E-state index in [-0.39, 0.29) is 12.1 Å². The van der Waals surface area contributed by atoms with E-state index in [2.05, 4.69) is 42.5 Å². The number of rotatable bonds is 6. The third-order valence-corrected chi connectivity index (χ3v) is 4.79. The van der Waals surface area contributed by atoms with Gasteiger partial charge in [0.05, 0.1) is 11.7 Å². The fourth-order valence-electron chi connectivity index (χ4n) is 2.59. The molecule has 8 nitrogen and oxygen atoms in total. The van der Waals surface area contributed by atoms with Crippen LogP contribution in [0.2, 0.25) is 0 Å². The van der Waals surface area contributed by atoms with Gasteiger partial charge in [-0.2, -0.15) is 11.3 Å². The summed E-state index contributed by atoms with van der Waals surface area (Å²) in [5.41, 5.74) is 3.64. The topological polar surface area (TPSA) is 88.0 Å². The van der Waals surface area contributed by atoms with Crippen molar-refractivity contribution in [3.8, 4) is 5.69 Å². The molecule has 0 saturated heterocycles. The van der Waals surface area contributed by atoms with Crippen molar-refractivity contribution in [3.63, 3.8) is 0 Å². The Morgan fingerprint density at radius 2 is 2.19 bits per heavy atom. The van der Waals surface area contributed by atoms with Crippen LogP contribution >= 0.6 is 11.3 Å². The number of aromatic nitrogens is 4. The van der Waals surface area contributed by atoms with Gasteiger partial charge in [-0.15, -0.1) is 5.10 Å². The van der Waals surface area contributed by atoms with Crippen molar-refractivity contribution in [1.82, 2.24) is 30.4 Å². The average Bonchev–Trinajstić information content (AvgIpc) is 3.30. The molecule has 0 aliphatic heterocycles. The van der Waals surface area contributed by atoms with Crippen molar-refractivity contribution < 1.29 is 4.79 Å². The van der Waals surface area contributed by atoms with Crippen molar-refractivity contribution in [2.75, 3.05) is 26.0 Å². The van der Waals surface area contributed by atoms with Crippen LogP contribution in [-0.2, 0) is 0 Å². The fraction of sp³-hybridized carbons (Fsp3) is 0.294. The molecule has 9 heteroatoms. The average molecular weight is 371 g/mol. The van der Waals surface area contributed by atoms with Gasteiger partial charge in [-0.25, -0.2) is 9.48 Å². The summed E-state index contributed by atoms with van der Waals surface area (Å²) in [5.74, 6) is 0. The Kier molecular flexibility index (Phi) is 5.59. The van der Waals surface area contributed by atoms with Gasteiger partial charge in [-0.1, -0.05) is 6.07 Å². The minimum absolute atomic E-state index is 0.126. The fourth-order valence-corrected chi connectivity index (χ4v) is 3.29. The van der Waals surface area contributed by atoms with Crippen molar-refractivity contribution >= 4 is 23.1 Å². The number of carbonyl (C=O) groups excluding carboxylic acids is 1. The second-order valence-corrected chi connectivity index (χ2v) is 6.90. The lowest BCUT2D eigenvalue weighted by atomic mass is 10.1. The highest BCUT2D eigenvalue weighted by molar-refractivity contribution is 7.07. The van der Waals surface area contributed by atoms with E-state index in [1.54, 1.807) is 16.0 Å². The highest BCUT2D eigenvalue weighted by Crippen LogP contribution is 2.21. The second-order valence-electron chi connectivity index (χ2n) is 6.12. The molecule has 2 aromatic heterocycles. The number of carbonyl (C=O) groups is 1. The van der Waals surface area contributed by atoms with E-state index < -0.39 is 0 Å². The molecule has 0 saturated carbocycles. The number of likely N-dealkylation sites (N-methyl/N-ethyl adjacent to an activating group) is 1. The van der Waals surface area contributed by atoms with Crippen molar-refractivity contribution in [2.24, 2.45) is 0 Å². The number of tetrazole rings is 1. The zero-order valence-corrected chi connectivity index (χ0v) is 15.7. The molecule has 3 aromatic rings. The number of urea groups is 1. The van der Waals surface area contributed by atoms with Crippen LogP contribution in [0, 0.1) is 6.92 Å². The Morgan fingerprint density at radius 1 is 1.35 bits per heavy atom. The smallest absolute Gasteiger partial charge is 0.319 e. The molecule has 1 aromatic carbocycles. The first-order valence-electron chi connectivity index (χ1n) is 8.12. The van der Waals surface area contributed by atoms with Crippen molar-refractivity contribution in [3.05, 3.63) is 52.5 Å². The Labute approximate surface area is 155 Å². The predicted octanol–water partition coefficient (Wildman–Crippen LogP) is 2.46. The first kappa shape index (κ1) is 18.0. The van der Waals surface area contributed by atoms with Crippen LogP contribution in [0.3, 0.4) is 0 Å². The molecule has 0 radical (unpaired) electrons. The van der Waals surface area contributed by atoms with E-state index in [9.17, 15) is 4.79 Å². The second kappa shape index (κ2) is 8.07. The Bertz CT molecular complexity index is 846.